The van der Waals surface area contributed by atoms with E-state index >= 15 is 0 Å². The third-order valence-electron chi connectivity index (χ3n) is 6.43. The number of likely N-dealkylation sites (tertiary alicyclic amines) is 1. The van der Waals surface area contributed by atoms with E-state index in [-0.39, 0.29) is 32.8 Å². The molecule has 13 nitrogen and oxygen atoms in total. The van der Waals surface area contributed by atoms with E-state index in [9.17, 15) is 19.2 Å². The molecule has 1 aromatic heterocycles. The number of carbonyl (C=O) groups is 4. The Bertz CT molecular complexity index is 1280. The molecule has 3 atom stereocenters. The van der Waals surface area contributed by atoms with E-state index in [2.05, 4.69) is 10.3 Å². The lowest BCUT2D eigenvalue weighted by atomic mass is 10.2. The van der Waals surface area contributed by atoms with Crippen LogP contribution in [0.25, 0.3) is 0 Å². The van der Waals surface area contributed by atoms with Gasteiger partial charge >= 0.3 is 18.2 Å². The van der Waals surface area contributed by atoms with Crippen LogP contribution in [0.3, 0.4) is 0 Å². The Morgan fingerprint density at radius 1 is 1.00 bits per heavy atom. The van der Waals surface area contributed by atoms with Crippen molar-refractivity contribution in [2.45, 2.75) is 84.0 Å². The molecule has 1 fully saturated rings. The van der Waals surface area contributed by atoms with Gasteiger partial charge in [-0.2, -0.15) is 0 Å². The van der Waals surface area contributed by atoms with Gasteiger partial charge in [0.15, 0.2) is 0 Å². The first-order chi connectivity index (χ1) is 21.1. The van der Waals surface area contributed by atoms with Gasteiger partial charge < -0.3 is 34.9 Å². The van der Waals surface area contributed by atoms with Gasteiger partial charge in [-0.25, -0.2) is 14.6 Å². The van der Waals surface area contributed by atoms with Crippen LogP contribution in [-0.2, 0) is 35.1 Å². The fourth-order valence-corrected chi connectivity index (χ4v) is 4.43. The summed E-state index contributed by atoms with van der Waals surface area (Å²) in [6, 6.07) is 12.8. The number of carbonyl (C=O) groups excluding carboxylic acids is 4. The molecule has 0 spiro atoms. The minimum Gasteiger partial charge on any atom is -0.459 e. The molecule has 0 aliphatic carbocycles. The first-order valence-corrected chi connectivity index (χ1v) is 14.9. The number of nitrogens with two attached hydrogens (primary N) is 1. The molecule has 1 saturated heterocycles. The minimum absolute atomic E-state index is 0.0448. The zero-order chi connectivity index (χ0) is 33.2. The number of hydrogen-bond acceptors (Lipinski definition) is 10. The van der Waals surface area contributed by atoms with Crippen molar-refractivity contribution in [3.05, 3.63) is 60.3 Å². The Labute approximate surface area is 264 Å². The van der Waals surface area contributed by atoms with E-state index < -0.39 is 53.5 Å². The van der Waals surface area contributed by atoms with Gasteiger partial charge in [0.1, 0.15) is 36.3 Å². The number of ether oxygens (including phenoxy) is 4. The predicted molar refractivity (Wildman–Crippen MR) is 166 cm³/mol. The Hall–Kier alpha value is -4.23. The molecule has 13 heteroatoms. The summed E-state index contributed by atoms with van der Waals surface area (Å²) >= 11 is 0. The van der Waals surface area contributed by atoms with Crippen LogP contribution < -0.4 is 16.0 Å². The molecule has 1 aliphatic heterocycles. The summed E-state index contributed by atoms with van der Waals surface area (Å²) in [5.41, 5.74) is 5.20. The second-order valence-electron chi connectivity index (χ2n) is 12.7. The van der Waals surface area contributed by atoms with E-state index in [4.69, 9.17) is 24.7 Å². The highest BCUT2D eigenvalue weighted by Crippen LogP contribution is 2.26. The molecule has 2 aromatic rings. The van der Waals surface area contributed by atoms with Crippen molar-refractivity contribution in [3.8, 4) is 0 Å². The van der Waals surface area contributed by atoms with E-state index in [0.717, 1.165) is 5.56 Å². The van der Waals surface area contributed by atoms with Crippen molar-refractivity contribution < 1.29 is 38.1 Å². The zero-order valence-corrected chi connectivity index (χ0v) is 26.9. The molecular weight excluding hydrogens is 582 g/mol. The van der Waals surface area contributed by atoms with Gasteiger partial charge in [0, 0.05) is 12.7 Å². The minimum atomic E-state index is -1.04. The molecule has 0 radical (unpaired) electrons. The Kier molecular flexibility index (Phi) is 12.3. The largest absolute Gasteiger partial charge is 0.459 e. The van der Waals surface area contributed by atoms with Gasteiger partial charge in [0.25, 0.3) is 0 Å². The van der Waals surface area contributed by atoms with Gasteiger partial charge in [0.2, 0.25) is 5.91 Å². The smallest absolute Gasteiger partial charge is 0.416 e. The summed E-state index contributed by atoms with van der Waals surface area (Å²) < 4.78 is 22.4. The number of benzene rings is 1. The first kappa shape index (κ1) is 35.3. The molecule has 2 heterocycles. The van der Waals surface area contributed by atoms with Crippen molar-refractivity contribution in [1.82, 2.24) is 15.2 Å². The van der Waals surface area contributed by atoms with Crippen LogP contribution in [0.1, 0.15) is 53.5 Å². The van der Waals surface area contributed by atoms with E-state index in [0.29, 0.717) is 12.2 Å². The number of rotatable bonds is 11. The van der Waals surface area contributed by atoms with Crippen molar-refractivity contribution in [2.75, 3.05) is 31.1 Å². The van der Waals surface area contributed by atoms with Crippen LogP contribution in [0.15, 0.2) is 54.7 Å². The van der Waals surface area contributed by atoms with Crippen LogP contribution in [0.2, 0.25) is 0 Å². The lowest BCUT2D eigenvalue weighted by Crippen LogP contribution is -2.47. The molecule has 246 valence electrons. The maximum atomic E-state index is 13.3. The number of hydrogen-bond donors (Lipinski definition) is 2. The number of nitrogens with one attached hydrogen (secondary N) is 1. The van der Waals surface area contributed by atoms with Gasteiger partial charge in [-0.3, -0.25) is 14.5 Å². The van der Waals surface area contributed by atoms with Crippen LogP contribution in [0, 0.1) is 0 Å². The maximum Gasteiger partial charge on any atom is 0.416 e. The average molecular weight is 628 g/mol. The van der Waals surface area contributed by atoms with Crippen molar-refractivity contribution in [3.63, 3.8) is 0 Å². The number of anilines is 1. The summed E-state index contributed by atoms with van der Waals surface area (Å²) in [5.74, 6) is -0.761. The van der Waals surface area contributed by atoms with Crippen molar-refractivity contribution >= 4 is 29.9 Å². The molecule has 1 aromatic carbocycles. The topological polar surface area (TPSA) is 163 Å². The molecule has 0 bridgehead atoms. The monoisotopic (exact) mass is 627 g/mol. The Morgan fingerprint density at radius 3 is 2.29 bits per heavy atom. The van der Waals surface area contributed by atoms with E-state index in [1.807, 2.05) is 30.3 Å². The van der Waals surface area contributed by atoms with E-state index in [1.54, 1.807) is 65.9 Å². The Balaban J connectivity index is 1.69. The third-order valence-corrected chi connectivity index (χ3v) is 6.43. The summed E-state index contributed by atoms with van der Waals surface area (Å²) in [5, 5.41) is 2.57. The van der Waals surface area contributed by atoms with Gasteiger partial charge in [-0.05, 0) is 65.7 Å². The van der Waals surface area contributed by atoms with Crippen LogP contribution in [0.5, 0.6) is 0 Å². The Morgan fingerprint density at radius 2 is 1.67 bits per heavy atom. The van der Waals surface area contributed by atoms with Crippen LogP contribution in [-0.4, -0.2) is 89.6 Å². The number of pyridine rings is 1. The lowest BCUT2D eigenvalue weighted by Gasteiger charge is -2.31. The average Bonchev–Trinajstić information content (AvgIpc) is 3.38. The zero-order valence-electron chi connectivity index (χ0n) is 26.9. The van der Waals surface area contributed by atoms with Crippen molar-refractivity contribution in [1.29, 1.82) is 0 Å². The number of esters is 1. The van der Waals surface area contributed by atoms with Gasteiger partial charge in [0.05, 0.1) is 25.2 Å². The molecule has 3 amide bonds. The number of amides is 3. The second-order valence-corrected chi connectivity index (χ2v) is 12.7. The number of nitrogens with zero attached hydrogens (tertiary/aromatic N) is 3. The standard InChI is InChI=1S/C32H45N5O8/c1-31(2,3)44-28(39)25(33)17-35-27(38)21-42-24-16-23(36(19-24)29(40)43-20-22-12-8-7-9-13-22)18-37(26-14-10-11-15-34-26)30(41)45-32(4,5)6/h7-15,23-25H,16-21,33H2,1-6H3,(H,35,38)/t23-,24+,25?/m0/s1. The van der Waals surface area contributed by atoms with Crippen molar-refractivity contribution in [2.24, 2.45) is 5.73 Å². The molecule has 3 N–H and O–H groups in total. The quantitative estimate of drug-likeness (QED) is 0.279. The maximum absolute atomic E-state index is 13.3. The predicted octanol–water partition coefficient (Wildman–Crippen LogP) is 3.40. The summed E-state index contributed by atoms with van der Waals surface area (Å²) in [6.45, 7) is 10.2. The lowest BCUT2D eigenvalue weighted by molar-refractivity contribution is -0.156. The number of aromatic nitrogens is 1. The molecule has 0 saturated carbocycles. The van der Waals surface area contributed by atoms with Gasteiger partial charge in [-0.1, -0.05) is 36.4 Å². The normalized spacial score (nSPS) is 17.3. The first-order valence-electron chi connectivity index (χ1n) is 14.9. The second kappa shape index (κ2) is 15.7. The molecular formula is C32H45N5O8. The highest BCUT2D eigenvalue weighted by Gasteiger charge is 2.40. The SMILES string of the molecule is CC(C)(C)OC(=O)C(N)CNC(=O)CO[C@@H]1C[C@@H](CN(C(=O)OC(C)(C)C)c2ccccn2)N(C(=O)OCc2ccccc2)C1. The van der Waals surface area contributed by atoms with Crippen LogP contribution in [0.4, 0.5) is 15.4 Å². The third kappa shape index (κ3) is 12.0. The molecule has 1 unspecified atom stereocenters. The molecule has 1 aliphatic rings. The highest BCUT2D eigenvalue weighted by molar-refractivity contribution is 5.87. The fraction of sp³-hybridized carbons (Fsp3) is 0.531. The van der Waals surface area contributed by atoms with E-state index in [1.165, 1.54) is 9.80 Å². The highest BCUT2D eigenvalue weighted by atomic mass is 16.6. The van der Waals surface area contributed by atoms with Crippen LogP contribution >= 0.6 is 0 Å². The molecule has 45 heavy (non-hydrogen) atoms. The summed E-state index contributed by atoms with van der Waals surface area (Å²) in [6.07, 6.45) is 0.106. The fourth-order valence-electron chi connectivity index (χ4n) is 4.43. The van der Waals surface area contributed by atoms with Gasteiger partial charge in [-0.15, -0.1) is 0 Å². The summed E-state index contributed by atoms with van der Waals surface area (Å²) in [4.78, 5) is 58.4. The molecule has 3 rings (SSSR count). The summed E-state index contributed by atoms with van der Waals surface area (Å²) in [7, 11) is 0.